The molecule has 0 spiro atoms. The average molecular weight is 489 g/mol. The van der Waals surface area contributed by atoms with Crippen LogP contribution in [0.1, 0.15) is 21.7 Å². The van der Waals surface area contributed by atoms with Gasteiger partial charge in [-0.15, -0.1) is 22.7 Å². The molecule has 1 aromatic carbocycles. The molecule has 0 bridgehead atoms. The second-order valence-electron chi connectivity index (χ2n) is 7.69. The first kappa shape index (κ1) is 22.9. The molecule has 32 heavy (non-hydrogen) atoms. The molecule has 3 N–H and O–H groups in total. The zero-order valence-corrected chi connectivity index (χ0v) is 19.9. The van der Waals surface area contributed by atoms with Crippen molar-refractivity contribution >= 4 is 51.1 Å². The molecule has 9 heteroatoms. The summed E-state index contributed by atoms with van der Waals surface area (Å²) in [7, 11) is 0. The quantitative estimate of drug-likeness (QED) is 0.493. The summed E-state index contributed by atoms with van der Waals surface area (Å²) in [6.45, 7) is 5.43. The molecule has 3 heterocycles. The van der Waals surface area contributed by atoms with Crippen molar-refractivity contribution in [1.82, 2.24) is 9.80 Å². The van der Waals surface area contributed by atoms with Gasteiger partial charge in [-0.05, 0) is 29.6 Å². The summed E-state index contributed by atoms with van der Waals surface area (Å²) in [5, 5.41) is 5.86. The minimum absolute atomic E-state index is 0.0944. The van der Waals surface area contributed by atoms with Crippen LogP contribution >= 0.6 is 34.3 Å². The lowest BCUT2D eigenvalue weighted by atomic mass is 10.2. The van der Waals surface area contributed by atoms with Gasteiger partial charge in [-0.2, -0.15) is 0 Å². The smallest absolute Gasteiger partial charge is 0.251 e. The maximum absolute atomic E-state index is 12.3. The van der Waals surface area contributed by atoms with E-state index in [2.05, 4.69) is 33.3 Å². The van der Waals surface area contributed by atoms with Crippen molar-refractivity contribution in [2.45, 2.75) is 13.0 Å². The fourth-order valence-corrected chi connectivity index (χ4v) is 5.90. The maximum atomic E-state index is 12.3. The number of amides is 2. The standard InChI is InChI=1S/C23H25ClN4O2S2/c24-19-4-2-1-3-17(19)20-6-5-16(32-20)15-28-12-10-27(11-13-28)9-7-21(29)26-23-18(22(25)30)8-14-31-23/h1-6,8,14H,7,9-13,15H2,(H2,25,30)(H,26,29). The minimum Gasteiger partial charge on any atom is -0.366 e. The van der Waals surface area contributed by atoms with Crippen molar-refractivity contribution < 1.29 is 9.59 Å². The van der Waals surface area contributed by atoms with Crippen LogP contribution in [0.3, 0.4) is 0 Å². The lowest BCUT2D eigenvalue weighted by Crippen LogP contribution is -2.46. The van der Waals surface area contributed by atoms with Crippen LogP contribution in [0.2, 0.25) is 5.02 Å². The van der Waals surface area contributed by atoms with Gasteiger partial charge >= 0.3 is 0 Å². The highest BCUT2D eigenvalue weighted by Crippen LogP contribution is 2.33. The number of carbonyl (C=O) groups is 2. The number of rotatable bonds is 8. The minimum atomic E-state index is -0.526. The Bertz CT molecular complexity index is 1090. The molecule has 0 radical (unpaired) electrons. The number of carbonyl (C=O) groups excluding carboxylic acids is 2. The first-order chi connectivity index (χ1) is 15.5. The van der Waals surface area contributed by atoms with Gasteiger partial charge in [0, 0.05) is 66.0 Å². The number of thiophene rings is 2. The van der Waals surface area contributed by atoms with Crippen LogP contribution in [-0.2, 0) is 11.3 Å². The Balaban J connectivity index is 1.21. The molecular weight excluding hydrogens is 464 g/mol. The summed E-state index contributed by atoms with van der Waals surface area (Å²) in [5.74, 6) is -0.620. The Morgan fingerprint density at radius 1 is 1.03 bits per heavy atom. The summed E-state index contributed by atoms with van der Waals surface area (Å²) in [4.78, 5) is 30.9. The number of anilines is 1. The summed E-state index contributed by atoms with van der Waals surface area (Å²) < 4.78 is 0. The molecule has 0 saturated carbocycles. The molecule has 2 amide bonds. The zero-order valence-electron chi connectivity index (χ0n) is 17.6. The van der Waals surface area contributed by atoms with E-state index in [0.29, 0.717) is 23.5 Å². The second-order valence-corrected chi connectivity index (χ2v) is 10.2. The Morgan fingerprint density at radius 2 is 1.78 bits per heavy atom. The Morgan fingerprint density at radius 3 is 2.53 bits per heavy atom. The van der Waals surface area contributed by atoms with Crippen LogP contribution in [0.4, 0.5) is 5.00 Å². The van der Waals surface area contributed by atoms with Crippen molar-refractivity contribution in [2.75, 3.05) is 38.0 Å². The Kier molecular flexibility index (Phi) is 7.59. The van der Waals surface area contributed by atoms with E-state index in [9.17, 15) is 9.59 Å². The van der Waals surface area contributed by atoms with E-state index < -0.39 is 5.91 Å². The lowest BCUT2D eigenvalue weighted by molar-refractivity contribution is -0.116. The molecule has 3 aromatic rings. The molecule has 2 aromatic heterocycles. The van der Waals surface area contributed by atoms with E-state index in [-0.39, 0.29) is 5.91 Å². The summed E-state index contributed by atoms with van der Waals surface area (Å²) in [6, 6.07) is 13.9. The fourth-order valence-electron chi connectivity index (χ4n) is 3.71. The van der Waals surface area contributed by atoms with E-state index in [1.165, 1.54) is 21.1 Å². The number of nitrogens with one attached hydrogen (secondary N) is 1. The van der Waals surface area contributed by atoms with Crippen molar-refractivity contribution in [2.24, 2.45) is 5.73 Å². The van der Waals surface area contributed by atoms with E-state index in [4.69, 9.17) is 17.3 Å². The van der Waals surface area contributed by atoms with E-state index in [1.807, 2.05) is 18.2 Å². The van der Waals surface area contributed by atoms with Gasteiger partial charge in [-0.3, -0.25) is 14.5 Å². The van der Waals surface area contributed by atoms with Gasteiger partial charge in [-0.25, -0.2) is 0 Å². The highest BCUT2D eigenvalue weighted by atomic mass is 35.5. The van der Waals surface area contributed by atoms with E-state index in [1.54, 1.807) is 22.8 Å². The second kappa shape index (κ2) is 10.6. The normalized spacial score (nSPS) is 15.0. The van der Waals surface area contributed by atoms with Gasteiger partial charge < -0.3 is 16.0 Å². The molecule has 168 valence electrons. The molecule has 6 nitrogen and oxygen atoms in total. The van der Waals surface area contributed by atoms with Crippen molar-refractivity contribution in [3.05, 3.63) is 63.3 Å². The highest BCUT2D eigenvalue weighted by Gasteiger charge is 2.19. The number of benzene rings is 1. The third-order valence-corrected chi connectivity index (χ3v) is 7.75. The van der Waals surface area contributed by atoms with Gasteiger partial charge in [0.2, 0.25) is 5.91 Å². The van der Waals surface area contributed by atoms with Crippen LogP contribution in [0.5, 0.6) is 0 Å². The molecule has 0 atom stereocenters. The predicted molar refractivity (Wildman–Crippen MR) is 133 cm³/mol. The number of primary amides is 1. The molecule has 4 rings (SSSR count). The third-order valence-electron chi connectivity index (χ3n) is 5.48. The summed E-state index contributed by atoms with van der Waals surface area (Å²) in [5.41, 5.74) is 6.78. The summed E-state index contributed by atoms with van der Waals surface area (Å²) >= 11 is 9.43. The molecule has 1 aliphatic heterocycles. The van der Waals surface area contributed by atoms with E-state index in [0.717, 1.165) is 43.3 Å². The van der Waals surface area contributed by atoms with Gasteiger partial charge in [0.1, 0.15) is 5.00 Å². The van der Waals surface area contributed by atoms with Crippen LogP contribution < -0.4 is 11.1 Å². The summed E-state index contributed by atoms with van der Waals surface area (Å²) in [6.07, 6.45) is 0.391. The van der Waals surface area contributed by atoms with Crippen molar-refractivity contribution in [3.8, 4) is 10.4 Å². The first-order valence-corrected chi connectivity index (χ1v) is 12.5. The maximum Gasteiger partial charge on any atom is 0.251 e. The topological polar surface area (TPSA) is 78.7 Å². The molecular formula is C23H25ClN4O2S2. The van der Waals surface area contributed by atoms with Gasteiger partial charge in [-0.1, -0.05) is 29.8 Å². The largest absolute Gasteiger partial charge is 0.366 e. The Hall–Kier alpha value is -2.23. The lowest BCUT2D eigenvalue weighted by Gasteiger charge is -2.34. The number of nitrogens with zero attached hydrogens (tertiary/aromatic N) is 2. The number of nitrogens with two attached hydrogens (primary N) is 1. The SMILES string of the molecule is NC(=O)c1ccsc1NC(=O)CCN1CCN(Cc2ccc(-c3ccccc3Cl)s2)CC1. The van der Waals surface area contributed by atoms with Crippen LogP contribution in [-0.4, -0.2) is 54.3 Å². The number of hydrogen-bond donors (Lipinski definition) is 2. The highest BCUT2D eigenvalue weighted by molar-refractivity contribution is 7.15. The first-order valence-electron chi connectivity index (χ1n) is 10.4. The van der Waals surface area contributed by atoms with E-state index >= 15 is 0 Å². The van der Waals surface area contributed by atoms with Crippen LogP contribution in [0.25, 0.3) is 10.4 Å². The zero-order chi connectivity index (χ0) is 22.5. The predicted octanol–water partition coefficient (Wildman–Crippen LogP) is 4.38. The van der Waals surface area contributed by atoms with Crippen molar-refractivity contribution in [3.63, 3.8) is 0 Å². The molecule has 1 fully saturated rings. The van der Waals surface area contributed by atoms with Crippen LogP contribution in [0, 0.1) is 0 Å². The van der Waals surface area contributed by atoms with Gasteiger partial charge in [0.25, 0.3) is 5.91 Å². The third kappa shape index (κ3) is 5.76. The molecule has 1 saturated heterocycles. The van der Waals surface area contributed by atoms with Gasteiger partial charge in [0.15, 0.2) is 0 Å². The number of halogens is 1. The Labute approximate surface area is 200 Å². The average Bonchev–Trinajstić information content (AvgIpc) is 3.43. The van der Waals surface area contributed by atoms with Crippen LogP contribution in [0.15, 0.2) is 47.8 Å². The number of piperazine rings is 1. The monoisotopic (exact) mass is 488 g/mol. The fraction of sp³-hybridized carbons (Fsp3) is 0.304. The number of hydrogen-bond acceptors (Lipinski definition) is 6. The van der Waals surface area contributed by atoms with Gasteiger partial charge in [0.05, 0.1) is 5.56 Å². The molecule has 0 aliphatic carbocycles. The molecule has 1 aliphatic rings. The van der Waals surface area contributed by atoms with Crippen molar-refractivity contribution in [1.29, 1.82) is 0 Å². The molecule has 0 unspecified atom stereocenters.